The molecule has 90 valence electrons. The number of hydrogen-bond acceptors (Lipinski definition) is 4. The number of ether oxygens (including phenoxy) is 2. The fraction of sp³-hybridized carbons (Fsp3) is 0.167. The van der Waals surface area contributed by atoms with Gasteiger partial charge in [-0.3, -0.25) is 0 Å². The van der Waals surface area contributed by atoms with Gasteiger partial charge in [-0.25, -0.2) is 0 Å². The van der Waals surface area contributed by atoms with Crippen LogP contribution in [0, 0.1) is 0 Å². The molecule has 3 nitrogen and oxygen atoms in total. The molecule has 0 atom stereocenters. The Balaban J connectivity index is 2.07. The highest BCUT2D eigenvalue weighted by atomic mass is 79.9. The molecule has 0 aliphatic heterocycles. The van der Waals surface area contributed by atoms with Crippen molar-refractivity contribution in [2.24, 2.45) is 0 Å². The first-order chi connectivity index (χ1) is 8.19. The van der Waals surface area contributed by atoms with E-state index in [0.29, 0.717) is 18.0 Å². The van der Waals surface area contributed by atoms with Crippen molar-refractivity contribution in [1.82, 2.24) is 0 Å². The van der Waals surface area contributed by atoms with Crippen molar-refractivity contribution in [3.05, 3.63) is 39.0 Å². The maximum absolute atomic E-state index is 5.83. The largest absolute Gasteiger partial charge is 0.497 e. The van der Waals surface area contributed by atoms with Crippen LogP contribution in [0.1, 0.15) is 4.88 Å². The van der Waals surface area contributed by atoms with E-state index < -0.39 is 0 Å². The molecule has 2 rings (SSSR count). The summed E-state index contributed by atoms with van der Waals surface area (Å²) < 4.78 is 11.9. The summed E-state index contributed by atoms with van der Waals surface area (Å²) in [6.07, 6.45) is 0. The lowest BCUT2D eigenvalue weighted by molar-refractivity contribution is 0.309. The van der Waals surface area contributed by atoms with Gasteiger partial charge in [0.25, 0.3) is 0 Å². The van der Waals surface area contributed by atoms with Gasteiger partial charge in [-0.05, 0) is 40.2 Å². The third kappa shape index (κ3) is 3.14. The lowest BCUT2D eigenvalue weighted by Gasteiger charge is -2.09. The molecule has 0 saturated heterocycles. The van der Waals surface area contributed by atoms with E-state index in [0.717, 1.165) is 14.4 Å². The van der Waals surface area contributed by atoms with Gasteiger partial charge in [-0.1, -0.05) is 0 Å². The van der Waals surface area contributed by atoms with Crippen LogP contribution in [0.4, 0.5) is 5.69 Å². The van der Waals surface area contributed by atoms with E-state index in [1.165, 1.54) is 0 Å². The monoisotopic (exact) mass is 313 g/mol. The van der Waals surface area contributed by atoms with Crippen molar-refractivity contribution in [2.45, 2.75) is 6.61 Å². The fourth-order valence-electron chi connectivity index (χ4n) is 1.34. The van der Waals surface area contributed by atoms with Gasteiger partial charge in [0.05, 0.1) is 16.6 Å². The highest BCUT2D eigenvalue weighted by Gasteiger charge is 2.04. The topological polar surface area (TPSA) is 44.5 Å². The maximum Gasteiger partial charge on any atom is 0.146 e. The minimum absolute atomic E-state index is 0.508. The summed E-state index contributed by atoms with van der Waals surface area (Å²) in [6.45, 7) is 0.508. The lowest BCUT2D eigenvalue weighted by Crippen LogP contribution is -1.97. The summed E-state index contributed by atoms with van der Waals surface area (Å²) in [6, 6.07) is 9.39. The number of rotatable bonds is 4. The molecule has 0 saturated carbocycles. The molecule has 1 aromatic carbocycles. The quantitative estimate of drug-likeness (QED) is 0.876. The number of benzene rings is 1. The Labute approximate surface area is 112 Å². The summed E-state index contributed by atoms with van der Waals surface area (Å²) in [5, 5.41) is 0. The van der Waals surface area contributed by atoms with Gasteiger partial charge in [-0.15, -0.1) is 11.3 Å². The van der Waals surface area contributed by atoms with Crippen LogP contribution < -0.4 is 15.2 Å². The van der Waals surface area contributed by atoms with E-state index in [2.05, 4.69) is 15.9 Å². The van der Waals surface area contributed by atoms with E-state index in [1.54, 1.807) is 30.6 Å². The van der Waals surface area contributed by atoms with Crippen LogP contribution in [-0.4, -0.2) is 7.11 Å². The second kappa shape index (κ2) is 5.42. The Kier molecular flexibility index (Phi) is 3.91. The molecular formula is C12H12BrNO2S. The number of nitrogen functional groups attached to an aromatic ring is 1. The first-order valence-electron chi connectivity index (χ1n) is 4.99. The van der Waals surface area contributed by atoms with Crippen molar-refractivity contribution in [1.29, 1.82) is 0 Å². The molecule has 0 aliphatic carbocycles. The smallest absolute Gasteiger partial charge is 0.146 e. The Bertz CT molecular complexity index is 513. The van der Waals surface area contributed by atoms with Crippen molar-refractivity contribution >= 4 is 33.0 Å². The maximum atomic E-state index is 5.83. The Morgan fingerprint density at radius 3 is 2.76 bits per heavy atom. The zero-order valence-electron chi connectivity index (χ0n) is 9.27. The van der Waals surface area contributed by atoms with Gasteiger partial charge in [0.15, 0.2) is 0 Å². The van der Waals surface area contributed by atoms with Crippen LogP contribution in [0.15, 0.2) is 34.1 Å². The van der Waals surface area contributed by atoms with Gasteiger partial charge in [-0.2, -0.15) is 0 Å². The van der Waals surface area contributed by atoms with Crippen LogP contribution in [-0.2, 0) is 6.61 Å². The van der Waals surface area contributed by atoms with Gasteiger partial charge < -0.3 is 15.2 Å². The number of hydrogen-bond donors (Lipinski definition) is 1. The Hall–Kier alpha value is -1.20. The molecule has 5 heteroatoms. The molecule has 0 amide bonds. The van der Waals surface area contributed by atoms with Crippen molar-refractivity contribution in [3.63, 3.8) is 0 Å². The van der Waals surface area contributed by atoms with Gasteiger partial charge in [0, 0.05) is 10.9 Å². The average Bonchev–Trinajstić information content (AvgIpc) is 2.74. The Morgan fingerprint density at radius 2 is 2.12 bits per heavy atom. The van der Waals surface area contributed by atoms with E-state index in [1.807, 2.05) is 18.2 Å². The number of thiophene rings is 1. The first kappa shape index (κ1) is 12.3. The van der Waals surface area contributed by atoms with Crippen LogP contribution in [0.5, 0.6) is 11.5 Å². The zero-order chi connectivity index (χ0) is 12.3. The summed E-state index contributed by atoms with van der Waals surface area (Å²) in [5.41, 5.74) is 6.44. The van der Waals surface area contributed by atoms with E-state index in [9.17, 15) is 0 Å². The fourth-order valence-corrected chi connectivity index (χ4v) is 2.74. The normalized spacial score (nSPS) is 10.2. The predicted octanol–water partition coefficient (Wildman–Crippen LogP) is 3.68. The van der Waals surface area contributed by atoms with Gasteiger partial charge in [0.1, 0.15) is 18.1 Å². The summed E-state index contributed by atoms with van der Waals surface area (Å²) in [5.74, 6) is 1.38. The van der Waals surface area contributed by atoms with E-state index >= 15 is 0 Å². The highest BCUT2D eigenvalue weighted by Crippen LogP contribution is 2.29. The summed E-state index contributed by atoms with van der Waals surface area (Å²) in [7, 11) is 1.62. The summed E-state index contributed by atoms with van der Waals surface area (Å²) >= 11 is 5.06. The molecule has 2 aromatic rings. The second-order valence-corrected chi connectivity index (χ2v) is 5.95. The second-order valence-electron chi connectivity index (χ2n) is 3.40. The van der Waals surface area contributed by atoms with Gasteiger partial charge >= 0.3 is 0 Å². The first-order valence-corrected chi connectivity index (χ1v) is 6.60. The number of halogens is 1. The minimum atomic E-state index is 0.508. The summed E-state index contributed by atoms with van der Waals surface area (Å²) in [4.78, 5) is 1.14. The number of anilines is 1. The molecule has 0 spiro atoms. The minimum Gasteiger partial charge on any atom is -0.497 e. The number of nitrogens with two attached hydrogens (primary N) is 1. The molecule has 2 N–H and O–H groups in total. The molecule has 1 heterocycles. The van der Waals surface area contributed by atoms with E-state index in [-0.39, 0.29) is 0 Å². The third-order valence-corrected chi connectivity index (χ3v) is 3.82. The van der Waals surface area contributed by atoms with Crippen molar-refractivity contribution in [3.8, 4) is 11.5 Å². The molecule has 0 radical (unpaired) electrons. The average molecular weight is 314 g/mol. The molecule has 0 fully saturated rings. The van der Waals surface area contributed by atoms with Crippen LogP contribution in [0.2, 0.25) is 0 Å². The van der Waals surface area contributed by atoms with Gasteiger partial charge in [0.2, 0.25) is 0 Å². The third-order valence-electron chi connectivity index (χ3n) is 2.22. The molecule has 0 unspecified atom stereocenters. The standard InChI is InChI=1S/C12H12BrNO2S/c1-15-8-2-4-10(14)11(6-8)16-7-9-3-5-12(13)17-9/h2-6H,7,14H2,1H3. The molecule has 1 aromatic heterocycles. The van der Waals surface area contributed by atoms with Crippen LogP contribution in [0.25, 0.3) is 0 Å². The molecular weight excluding hydrogens is 302 g/mol. The predicted molar refractivity (Wildman–Crippen MR) is 73.8 cm³/mol. The zero-order valence-corrected chi connectivity index (χ0v) is 11.7. The van der Waals surface area contributed by atoms with E-state index in [4.69, 9.17) is 15.2 Å². The molecule has 0 aliphatic rings. The number of methoxy groups -OCH3 is 1. The highest BCUT2D eigenvalue weighted by molar-refractivity contribution is 9.11. The Morgan fingerprint density at radius 1 is 1.29 bits per heavy atom. The lowest BCUT2D eigenvalue weighted by atomic mass is 10.3. The van der Waals surface area contributed by atoms with Crippen LogP contribution >= 0.6 is 27.3 Å². The van der Waals surface area contributed by atoms with Crippen LogP contribution in [0.3, 0.4) is 0 Å². The SMILES string of the molecule is COc1ccc(N)c(OCc2ccc(Br)s2)c1. The molecule has 0 bridgehead atoms. The van der Waals surface area contributed by atoms with Crippen molar-refractivity contribution in [2.75, 3.05) is 12.8 Å². The molecule has 17 heavy (non-hydrogen) atoms. The van der Waals surface area contributed by atoms with Crippen molar-refractivity contribution < 1.29 is 9.47 Å².